The second kappa shape index (κ2) is 13.3. The molecule has 3 saturated heterocycles. The van der Waals surface area contributed by atoms with E-state index in [1.165, 1.54) is 6.92 Å². The van der Waals surface area contributed by atoms with E-state index < -0.39 is 117 Å². The number of nitrogens with two attached hydrogens (primary N) is 3. The number of carbonyl (C=O) groups is 1. The van der Waals surface area contributed by atoms with Crippen LogP contribution in [0.2, 0.25) is 0 Å². The van der Waals surface area contributed by atoms with Gasteiger partial charge in [0.1, 0.15) is 55.4 Å². The van der Waals surface area contributed by atoms with Gasteiger partial charge in [0.15, 0.2) is 18.9 Å². The Labute approximate surface area is 228 Å². The molecule has 18 heteroatoms. The van der Waals surface area contributed by atoms with Gasteiger partial charge in [-0.2, -0.15) is 0 Å². The van der Waals surface area contributed by atoms with E-state index in [2.05, 4.69) is 6.58 Å². The molecule has 2 unspecified atom stereocenters. The highest BCUT2D eigenvalue weighted by atomic mass is 16.8. The Bertz CT molecular complexity index is 882. The molecule has 0 radical (unpaired) electrons. The van der Waals surface area contributed by atoms with Crippen molar-refractivity contribution >= 4 is 5.97 Å². The van der Waals surface area contributed by atoms with Gasteiger partial charge in [0, 0.05) is 5.57 Å². The summed E-state index contributed by atoms with van der Waals surface area (Å²) in [5.74, 6) is -3.62. The molecule has 3 rings (SSSR count). The third-order valence-corrected chi connectivity index (χ3v) is 7.04. The van der Waals surface area contributed by atoms with Gasteiger partial charge >= 0.3 is 5.97 Å². The van der Waals surface area contributed by atoms with Crippen molar-refractivity contribution in [3.8, 4) is 0 Å². The minimum Gasteiger partial charge on any atom is -0.424 e. The van der Waals surface area contributed by atoms with Crippen molar-refractivity contribution < 1.29 is 74.1 Å². The molecule has 0 aromatic rings. The monoisotopic (exact) mass is 585 g/mol. The van der Waals surface area contributed by atoms with Crippen LogP contribution in [0.5, 0.6) is 0 Å². The van der Waals surface area contributed by atoms with E-state index in [4.69, 9.17) is 45.6 Å². The van der Waals surface area contributed by atoms with E-state index in [-0.39, 0.29) is 5.57 Å². The van der Waals surface area contributed by atoms with E-state index >= 15 is 0 Å². The summed E-state index contributed by atoms with van der Waals surface area (Å²) >= 11 is 0. The molecule has 0 bridgehead atoms. The second-order valence-corrected chi connectivity index (χ2v) is 9.95. The van der Waals surface area contributed by atoms with Crippen molar-refractivity contribution in [1.82, 2.24) is 0 Å². The Kier molecular flexibility index (Phi) is 11.0. The summed E-state index contributed by atoms with van der Waals surface area (Å²) in [5, 5.41) is 81.7. The lowest BCUT2D eigenvalue weighted by molar-refractivity contribution is -0.398. The van der Waals surface area contributed by atoms with E-state index in [9.17, 15) is 45.6 Å². The SMILES string of the molecule is C=C(C)C(=O)O[C@@]1(CO)O[C@H](OC2[C@@H](CO)O[C@@H](OC3[C@@H](CO)O[C@@H](O)[C@H](N)[C@H]3O)[C@H](N)[C@H]2O)[C@H](N)[C@@H](O)[C@@H]1O. The molecule has 18 nitrogen and oxygen atoms in total. The molecule has 0 aliphatic carbocycles. The van der Waals surface area contributed by atoms with Gasteiger partial charge in [0.2, 0.25) is 0 Å². The van der Waals surface area contributed by atoms with Crippen LogP contribution in [0, 0.1) is 0 Å². The van der Waals surface area contributed by atoms with Gasteiger partial charge in [-0.15, -0.1) is 0 Å². The number of esters is 1. The average Bonchev–Trinajstić information content (AvgIpc) is 2.93. The van der Waals surface area contributed by atoms with Gasteiger partial charge in [-0.05, 0) is 6.92 Å². The summed E-state index contributed by atoms with van der Waals surface area (Å²) in [5.41, 5.74) is 17.6. The summed E-state index contributed by atoms with van der Waals surface area (Å²) < 4.78 is 32.7. The molecular weight excluding hydrogens is 546 g/mol. The number of rotatable bonds is 9. The third-order valence-electron chi connectivity index (χ3n) is 7.04. The van der Waals surface area contributed by atoms with E-state index in [0.717, 1.165) is 0 Å². The van der Waals surface area contributed by atoms with Gasteiger partial charge in [0.25, 0.3) is 5.79 Å². The van der Waals surface area contributed by atoms with Crippen molar-refractivity contribution in [3.05, 3.63) is 12.2 Å². The number of hydrogen-bond acceptors (Lipinski definition) is 18. The fourth-order valence-corrected chi connectivity index (χ4v) is 4.54. The first kappa shape index (κ1) is 33.1. The van der Waals surface area contributed by atoms with Crippen molar-refractivity contribution in [2.75, 3.05) is 19.8 Å². The first-order valence-corrected chi connectivity index (χ1v) is 12.4. The molecule has 0 aromatic carbocycles. The molecule has 3 heterocycles. The van der Waals surface area contributed by atoms with E-state index in [1.807, 2.05) is 0 Å². The Morgan fingerprint density at radius 1 is 0.825 bits per heavy atom. The molecular formula is C22H39N3O15. The predicted molar refractivity (Wildman–Crippen MR) is 127 cm³/mol. The maximum atomic E-state index is 12.1. The van der Waals surface area contributed by atoms with Crippen LogP contribution in [-0.4, -0.2) is 158 Å². The zero-order valence-corrected chi connectivity index (χ0v) is 21.6. The first-order chi connectivity index (χ1) is 18.7. The molecule has 15 atom stereocenters. The number of ether oxygens (including phenoxy) is 6. The highest BCUT2D eigenvalue weighted by molar-refractivity contribution is 5.87. The fraction of sp³-hybridized carbons (Fsp3) is 0.864. The number of aliphatic hydroxyl groups excluding tert-OH is 8. The Morgan fingerprint density at radius 2 is 1.32 bits per heavy atom. The van der Waals surface area contributed by atoms with Gasteiger partial charge in [-0.25, -0.2) is 4.79 Å². The Hall–Kier alpha value is -1.43. The normalized spacial score (nSPS) is 48.0. The Balaban J connectivity index is 1.79. The zero-order valence-electron chi connectivity index (χ0n) is 21.6. The van der Waals surface area contributed by atoms with Gasteiger partial charge in [-0.1, -0.05) is 6.58 Å². The van der Waals surface area contributed by atoms with Crippen molar-refractivity contribution in [1.29, 1.82) is 0 Å². The summed E-state index contributed by atoms with van der Waals surface area (Å²) in [6.45, 7) is 2.04. The van der Waals surface area contributed by atoms with Crippen LogP contribution < -0.4 is 17.2 Å². The molecule has 40 heavy (non-hydrogen) atoms. The topological polar surface area (TPSA) is 312 Å². The summed E-state index contributed by atoms with van der Waals surface area (Å²) in [6.07, 6.45) is -17.6. The van der Waals surface area contributed by atoms with Crippen LogP contribution in [0.15, 0.2) is 12.2 Å². The summed E-state index contributed by atoms with van der Waals surface area (Å²) in [7, 11) is 0. The fourth-order valence-electron chi connectivity index (χ4n) is 4.54. The quantitative estimate of drug-likeness (QED) is 0.0884. The van der Waals surface area contributed by atoms with E-state index in [0.29, 0.717) is 0 Å². The van der Waals surface area contributed by atoms with Gasteiger partial charge in [0.05, 0.1) is 31.3 Å². The minimum atomic E-state index is -2.54. The van der Waals surface area contributed by atoms with Crippen LogP contribution in [0.4, 0.5) is 0 Å². The summed E-state index contributed by atoms with van der Waals surface area (Å²) in [4.78, 5) is 12.1. The number of hydrogen-bond donors (Lipinski definition) is 11. The molecule has 0 aromatic heterocycles. The number of aliphatic hydroxyl groups is 8. The zero-order chi connectivity index (χ0) is 30.1. The lowest BCUT2D eigenvalue weighted by Gasteiger charge is -2.50. The smallest absolute Gasteiger partial charge is 0.335 e. The highest BCUT2D eigenvalue weighted by Crippen LogP contribution is 2.35. The van der Waals surface area contributed by atoms with Gasteiger partial charge in [-0.3, -0.25) is 0 Å². The highest BCUT2D eigenvalue weighted by Gasteiger charge is 2.58. The average molecular weight is 586 g/mol. The molecule has 0 saturated carbocycles. The number of carbonyl (C=O) groups excluding carboxylic acids is 1. The lowest BCUT2D eigenvalue weighted by atomic mass is 9.93. The van der Waals surface area contributed by atoms with Crippen molar-refractivity contribution in [3.63, 3.8) is 0 Å². The molecule has 232 valence electrons. The van der Waals surface area contributed by atoms with Crippen molar-refractivity contribution in [2.45, 2.75) is 98.5 Å². The van der Waals surface area contributed by atoms with Crippen LogP contribution >= 0.6 is 0 Å². The second-order valence-electron chi connectivity index (χ2n) is 9.95. The standard InChI is InChI=1S/C22H39N3O15/c1-6(2)18(33)39-22(5-28)17(32)14(31)11(25)21(40-22)38-16-8(4-27)36-20(10(24)13(16)30)37-15-7(3-26)35-19(34)9(23)12(15)29/h7-17,19-21,26-32,34H,1,3-5,23-25H2,2H3/t7-,8-,9-,10-,11-,12-,13-,14-,15?,16?,17+,19-,20+,21+,22+/m1/s1. The molecule has 3 aliphatic heterocycles. The maximum absolute atomic E-state index is 12.1. The van der Waals surface area contributed by atoms with Crippen LogP contribution in [0.25, 0.3) is 0 Å². The van der Waals surface area contributed by atoms with Gasteiger partial charge < -0.3 is 86.5 Å². The first-order valence-electron chi connectivity index (χ1n) is 12.4. The lowest BCUT2D eigenvalue weighted by Crippen LogP contribution is -2.72. The Morgan fingerprint density at radius 3 is 1.85 bits per heavy atom. The molecule has 3 fully saturated rings. The molecule has 0 amide bonds. The molecule has 14 N–H and O–H groups in total. The largest absolute Gasteiger partial charge is 0.424 e. The minimum absolute atomic E-state index is 0.119. The third kappa shape index (κ3) is 6.32. The van der Waals surface area contributed by atoms with Crippen molar-refractivity contribution in [2.24, 2.45) is 17.2 Å². The van der Waals surface area contributed by atoms with Crippen LogP contribution in [0.1, 0.15) is 6.92 Å². The maximum Gasteiger partial charge on any atom is 0.335 e. The molecule has 0 spiro atoms. The van der Waals surface area contributed by atoms with E-state index in [1.54, 1.807) is 0 Å². The van der Waals surface area contributed by atoms with Crippen LogP contribution in [-0.2, 0) is 33.2 Å². The predicted octanol–water partition coefficient (Wildman–Crippen LogP) is -7.23. The summed E-state index contributed by atoms with van der Waals surface area (Å²) in [6, 6.07) is -4.29. The molecule has 3 aliphatic rings. The van der Waals surface area contributed by atoms with Crippen LogP contribution in [0.3, 0.4) is 0 Å².